The second-order valence-electron chi connectivity index (χ2n) is 2.39. The highest BCUT2D eigenvalue weighted by molar-refractivity contribution is 5.74. The van der Waals surface area contributed by atoms with Crippen LogP contribution in [0.1, 0.15) is 21.8 Å². The van der Waals surface area contributed by atoms with E-state index >= 15 is 0 Å². The normalized spacial score (nSPS) is 16.0. The van der Waals surface area contributed by atoms with E-state index in [9.17, 15) is 4.79 Å². The maximum Gasteiger partial charge on any atom is 0.172 e. The lowest BCUT2D eigenvalue weighted by Gasteiger charge is -2.08. The molecule has 1 aliphatic heterocycles. The zero-order valence-corrected chi connectivity index (χ0v) is 5.87. The zero-order valence-electron chi connectivity index (χ0n) is 5.87. The predicted octanol–water partition coefficient (Wildman–Crippen LogP) is 0.560. The van der Waals surface area contributed by atoms with E-state index in [1.165, 1.54) is 0 Å². The second-order valence-corrected chi connectivity index (χ2v) is 2.39. The molecule has 0 aliphatic carbocycles. The Morgan fingerprint density at radius 3 is 3.27 bits per heavy atom. The number of aromatic nitrogens is 1. The van der Waals surface area contributed by atoms with Crippen molar-refractivity contribution in [1.82, 2.24) is 5.16 Å². The summed E-state index contributed by atoms with van der Waals surface area (Å²) < 4.78 is 10.1. The van der Waals surface area contributed by atoms with Gasteiger partial charge < -0.3 is 9.26 Å². The molecule has 0 amide bonds. The van der Waals surface area contributed by atoms with Crippen molar-refractivity contribution in [3.05, 3.63) is 17.0 Å². The Bertz CT molecular complexity index is 279. The SMILES string of the molecule is O=Cc1noc2c1COCC2. The third-order valence-electron chi connectivity index (χ3n) is 1.73. The van der Waals surface area contributed by atoms with Crippen molar-refractivity contribution in [3.63, 3.8) is 0 Å². The summed E-state index contributed by atoms with van der Waals surface area (Å²) in [7, 11) is 0. The van der Waals surface area contributed by atoms with Gasteiger partial charge in [0.05, 0.1) is 18.8 Å². The fourth-order valence-corrected chi connectivity index (χ4v) is 1.14. The van der Waals surface area contributed by atoms with Crippen LogP contribution in [-0.4, -0.2) is 18.0 Å². The van der Waals surface area contributed by atoms with E-state index in [0.717, 1.165) is 17.7 Å². The molecule has 1 aromatic rings. The highest BCUT2D eigenvalue weighted by Gasteiger charge is 2.18. The average Bonchev–Trinajstić information content (AvgIpc) is 2.47. The van der Waals surface area contributed by atoms with Crippen LogP contribution >= 0.6 is 0 Å². The Balaban J connectivity index is 2.45. The van der Waals surface area contributed by atoms with Crippen LogP contribution in [0.3, 0.4) is 0 Å². The molecule has 2 rings (SSSR count). The minimum atomic E-state index is 0.375. The lowest BCUT2D eigenvalue weighted by molar-refractivity contribution is 0.101. The van der Waals surface area contributed by atoms with E-state index in [2.05, 4.69) is 5.16 Å². The lowest BCUT2D eigenvalue weighted by atomic mass is 10.1. The van der Waals surface area contributed by atoms with Crippen LogP contribution in [0.15, 0.2) is 4.52 Å². The van der Waals surface area contributed by atoms with Crippen molar-refractivity contribution in [2.75, 3.05) is 6.61 Å². The van der Waals surface area contributed by atoms with Gasteiger partial charge in [-0.05, 0) is 0 Å². The summed E-state index contributed by atoms with van der Waals surface area (Å²) in [5.41, 5.74) is 1.19. The van der Waals surface area contributed by atoms with Crippen molar-refractivity contribution < 1.29 is 14.1 Å². The molecule has 0 atom stereocenters. The van der Waals surface area contributed by atoms with Gasteiger partial charge in [-0.25, -0.2) is 0 Å². The third-order valence-corrected chi connectivity index (χ3v) is 1.73. The maximum absolute atomic E-state index is 10.4. The van der Waals surface area contributed by atoms with Crippen LogP contribution in [0.5, 0.6) is 0 Å². The van der Waals surface area contributed by atoms with Crippen LogP contribution in [0.2, 0.25) is 0 Å². The molecule has 4 heteroatoms. The molecule has 2 heterocycles. The Morgan fingerprint density at radius 2 is 2.45 bits per heavy atom. The summed E-state index contributed by atoms with van der Waals surface area (Å²) >= 11 is 0. The number of carbonyl (C=O) groups excluding carboxylic acids is 1. The van der Waals surface area contributed by atoms with Crippen LogP contribution < -0.4 is 0 Å². The summed E-state index contributed by atoms with van der Waals surface area (Å²) in [4.78, 5) is 10.4. The van der Waals surface area contributed by atoms with Gasteiger partial charge in [0.25, 0.3) is 0 Å². The van der Waals surface area contributed by atoms with Gasteiger partial charge in [0.2, 0.25) is 0 Å². The molecular weight excluding hydrogens is 146 g/mol. The standard InChI is InChI=1S/C7H7NO3/c9-3-6-5-4-10-2-1-7(5)11-8-6/h3H,1-2,4H2. The number of fused-ring (bicyclic) bond motifs is 1. The smallest absolute Gasteiger partial charge is 0.172 e. The van der Waals surface area contributed by atoms with Crippen LogP contribution in [-0.2, 0) is 17.8 Å². The molecule has 4 nitrogen and oxygen atoms in total. The number of aldehydes is 1. The van der Waals surface area contributed by atoms with Crippen molar-refractivity contribution >= 4 is 6.29 Å². The second kappa shape index (κ2) is 2.47. The van der Waals surface area contributed by atoms with Gasteiger partial charge in [-0.1, -0.05) is 5.16 Å². The van der Waals surface area contributed by atoms with E-state index in [1.807, 2.05) is 0 Å². The van der Waals surface area contributed by atoms with Crippen LogP contribution in [0, 0.1) is 0 Å². The van der Waals surface area contributed by atoms with Gasteiger partial charge in [0.1, 0.15) is 5.76 Å². The number of ether oxygens (including phenoxy) is 1. The monoisotopic (exact) mass is 153 g/mol. The topological polar surface area (TPSA) is 52.3 Å². The number of hydrogen-bond donors (Lipinski definition) is 0. The summed E-state index contributed by atoms with van der Waals surface area (Å²) in [6.07, 6.45) is 1.41. The maximum atomic E-state index is 10.4. The number of hydrogen-bond acceptors (Lipinski definition) is 4. The first-order valence-corrected chi connectivity index (χ1v) is 3.42. The van der Waals surface area contributed by atoms with E-state index in [1.54, 1.807) is 0 Å². The summed E-state index contributed by atoms with van der Waals surface area (Å²) in [5.74, 6) is 0.790. The molecule has 0 unspecified atom stereocenters. The van der Waals surface area contributed by atoms with Crippen molar-refractivity contribution in [1.29, 1.82) is 0 Å². The molecule has 0 saturated heterocycles. The van der Waals surface area contributed by atoms with Gasteiger partial charge >= 0.3 is 0 Å². The fourth-order valence-electron chi connectivity index (χ4n) is 1.14. The number of rotatable bonds is 1. The Morgan fingerprint density at radius 1 is 1.55 bits per heavy atom. The summed E-state index contributed by atoms with van der Waals surface area (Å²) in [5, 5.41) is 3.59. The number of carbonyl (C=O) groups is 1. The zero-order chi connectivity index (χ0) is 7.68. The molecule has 0 spiro atoms. The van der Waals surface area contributed by atoms with Crippen molar-refractivity contribution in [3.8, 4) is 0 Å². The Labute approximate surface area is 63.1 Å². The van der Waals surface area contributed by atoms with E-state index < -0.39 is 0 Å². The molecule has 11 heavy (non-hydrogen) atoms. The molecule has 0 saturated carbocycles. The van der Waals surface area contributed by atoms with Crippen molar-refractivity contribution in [2.24, 2.45) is 0 Å². The van der Waals surface area contributed by atoms with Gasteiger partial charge in [0, 0.05) is 6.42 Å². The average molecular weight is 153 g/mol. The first-order chi connectivity index (χ1) is 5.42. The minimum Gasteiger partial charge on any atom is -0.376 e. The molecule has 0 fully saturated rings. The number of nitrogens with zero attached hydrogens (tertiary/aromatic N) is 1. The van der Waals surface area contributed by atoms with Crippen LogP contribution in [0.4, 0.5) is 0 Å². The first-order valence-electron chi connectivity index (χ1n) is 3.42. The molecule has 0 bridgehead atoms. The van der Waals surface area contributed by atoms with Gasteiger partial charge in [0.15, 0.2) is 12.0 Å². The molecule has 58 valence electrons. The van der Waals surface area contributed by atoms with Crippen LogP contribution in [0.25, 0.3) is 0 Å². The van der Waals surface area contributed by atoms with Gasteiger partial charge in [-0.15, -0.1) is 0 Å². The minimum absolute atomic E-state index is 0.375. The first kappa shape index (κ1) is 6.54. The van der Waals surface area contributed by atoms with E-state index in [-0.39, 0.29) is 0 Å². The molecule has 1 aliphatic rings. The largest absolute Gasteiger partial charge is 0.376 e. The van der Waals surface area contributed by atoms with Gasteiger partial charge in [-0.3, -0.25) is 4.79 Å². The highest BCUT2D eigenvalue weighted by Crippen LogP contribution is 2.18. The van der Waals surface area contributed by atoms with Gasteiger partial charge in [-0.2, -0.15) is 0 Å². The highest BCUT2D eigenvalue weighted by atomic mass is 16.5. The quantitative estimate of drug-likeness (QED) is 0.553. The third kappa shape index (κ3) is 0.952. The molecule has 0 N–H and O–H groups in total. The molecule has 0 aromatic carbocycles. The Kier molecular flexibility index (Phi) is 1.47. The Hall–Kier alpha value is -1.16. The molecule has 1 aromatic heterocycles. The summed E-state index contributed by atoms with van der Waals surface area (Å²) in [6, 6.07) is 0. The molecular formula is C7H7NO3. The van der Waals surface area contributed by atoms with E-state index in [0.29, 0.717) is 25.2 Å². The predicted molar refractivity (Wildman–Crippen MR) is 35.3 cm³/mol. The van der Waals surface area contributed by atoms with Crippen molar-refractivity contribution in [2.45, 2.75) is 13.0 Å². The lowest BCUT2D eigenvalue weighted by Crippen LogP contribution is -2.08. The summed E-state index contributed by atoms with van der Waals surface area (Å²) in [6.45, 7) is 1.10. The fraction of sp³-hybridized carbons (Fsp3) is 0.429. The molecule has 0 radical (unpaired) electrons. The van der Waals surface area contributed by atoms with E-state index in [4.69, 9.17) is 9.26 Å².